The highest BCUT2D eigenvalue weighted by Crippen LogP contribution is 2.31. The number of fused-ring (bicyclic) bond motifs is 1. The number of aryl methyl sites for hydroxylation is 1. The van der Waals surface area contributed by atoms with Crippen LogP contribution in [0.15, 0.2) is 47.4 Å². The molecule has 0 radical (unpaired) electrons. The molecule has 0 atom stereocenters. The molecule has 2 aromatic rings. The Morgan fingerprint density at radius 3 is 2.66 bits per heavy atom. The first kappa shape index (κ1) is 21.1. The molecule has 0 bridgehead atoms. The van der Waals surface area contributed by atoms with Gasteiger partial charge in [-0.15, -0.1) is 0 Å². The first-order chi connectivity index (χ1) is 13.9. The standard InChI is InChI=1S/C21H26N2O5S/c1-4-22(29(25,26)17-10-11-19(27-5-2)16(3)14-17)15-21(24)23-12-13-28-20-9-7-6-8-18(20)23/h6-11,14H,4-5,12-13,15H2,1-3H3. The van der Waals surface area contributed by atoms with E-state index in [1.165, 1.54) is 10.4 Å². The molecule has 0 aliphatic carbocycles. The van der Waals surface area contributed by atoms with Crippen LogP contribution in [0.5, 0.6) is 11.5 Å². The highest BCUT2D eigenvalue weighted by molar-refractivity contribution is 7.89. The maximum Gasteiger partial charge on any atom is 0.243 e. The van der Waals surface area contributed by atoms with Crippen LogP contribution in [0, 0.1) is 6.92 Å². The Morgan fingerprint density at radius 1 is 1.21 bits per heavy atom. The van der Waals surface area contributed by atoms with Gasteiger partial charge in [0.15, 0.2) is 0 Å². The van der Waals surface area contributed by atoms with Crippen molar-refractivity contribution in [3.8, 4) is 11.5 Å². The van der Waals surface area contributed by atoms with E-state index in [9.17, 15) is 13.2 Å². The molecule has 0 saturated heterocycles. The second-order valence-corrected chi connectivity index (χ2v) is 8.59. The Labute approximate surface area is 171 Å². The SMILES string of the molecule is CCOc1ccc(S(=O)(=O)N(CC)CC(=O)N2CCOc3ccccc32)cc1C. The highest BCUT2D eigenvalue weighted by Gasteiger charge is 2.30. The fourth-order valence-electron chi connectivity index (χ4n) is 3.28. The predicted octanol–water partition coefficient (Wildman–Crippen LogP) is 2.83. The van der Waals surface area contributed by atoms with Crippen LogP contribution in [0.1, 0.15) is 19.4 Å². The van der Waals surface area contributed by atoms with E-state index in [2.05, 4.69) is 0 Å². The van der Waals surface area contributed by atoms with Gasteiger partial charge in [0.25, 0.3) is 0 Å². The normalized spacial score (nSPS) is 13.7. The van der Waals surface area contributed by atoms with Gasteiger partial charge in [-0.2, -0.15) is 4.31 Å². The third-order valence-corrected chi connectivity index (χ3v) is 6.69. The lowest BCUT2D eigenvalue weighted by Crippen LogP contribution is -2.45. The number of anilines is 1. The topological polar surface area (TPSA) is 76.2 Å². The van der Waals surface area contributed by atoms with Crippen molar-refractivity contribution in [3.05, 3.63) is 48.0 Å². The zero-order valence-electron chi connectivity index (χ0n) is 16.9. The van der Waals surface area contributed by atoms with E-state index in [-0.39, 0.29) is 23.9 Å². The summed E-state index contributed by atoms with van der Waals surface area (Å²) in [5, 5.41) is 0. The van der Waals surface area contributed by atoms with Crippen molar-refractivity contribution in [2.45, 2.75) is 25.7 Å². The number of benzene rings is 2. The summed E-state index contributed by atoms with van der Waals surface area (Å²) < 4.78 is 38.5. The average Bonchev–Trinajstić information content (AvgIpc) is 2.72. The van der Waals surface area contributed by atoms with Crippen LogP contribution in [0.3, 0.4) is 0 Å². The second-order valence-electron chi connectivity index (χ2n) is 6.65. The molecule has 0 unspecified atom stereocenters. The van der Waals surface area contributed by atoms with Crippen molar-refractivity contribution in [1.29, 1.82) is 0 Å². The summed E-state index contributed by atoms with van der Waals surface area (Å²) in [5.74, 6) is 0.990. The molecule has 0 N–H and O–H groups in total. The summed E-state index contributed by atoms with van der Waals surface area (Å²) in [6.07, 6.45) is 0. The molecule has 7 nitrogen and oxygen atoms in total. The van der Waals surface area contributed by atoms with Gasteiger partial charge in [0.1, 0.15) is 18.1 Å². The summed E-state index contributed by atoms with van der Waals surface area (Å²) in [6.45, 7) is 6.61. The molecule has 1 heterocycles. The van der Waals surface area contributed by atoms with Crippen LogP contribution < -0.4 is 14.4 Å². The van der Waals surface area contributed by atoms with Crippen molar-refractivity contribution in [2.24, 2.45) is 0 Å². The van der Waals surface area contributed by atoms with Gasteiger partial charge < -0.3 is 14.4 Å². The first-order valence-corrected chi connectivity index (χ1v) is 11.1. The lowest BCUT2D eigenvalue weighted by atomic mass is 10.2. The average molecular weight is 419 g/mol. The minimum atomic E-state index is -3.82. The van der Waals surface area contributed by atoms with Gasteiger partial charge in [0, 0.05) is 6.54 Å². The number of hydrogen-bond donors (Lipinski definition) is 0. The van der Waals surface area contributed by atoms with E-state index in [1.54, 1.807) is 43.0 Å². The third kappa shape index (κ3) is 4.38. The van der Waals surface area contributed by atoms with Gasteiger partial charge in [-0.1, -0.05) is 19.1 Å². The van der Waals surface area contributed by atoms with E-state index in [4.69, 9.17) is 9.47 Å². The molecule has 0 spiro atoms. The van der Waals surface area contributed by atoms with Crippen LogP contribution in [0.2, 0.25) is 0 Å². The number of hydrogen-bond acceptors (Lipinski definition) is 5. The van der Waals surface area contributed by atoms with Gasteiger partial charge >= 0.3 is 0 Å². The summed E-state index contributed by atoms with van der Waals surface area (Å²) in [5.41, 5.74) is 1.39. The van der Waals surface area contributed by atoms with Crippen molar-refractivity contribution in [1.82, 2.24) is 4.31 Å². The number of sulfonamides is 1. The van der Waals surface area contributed by atoms with Crippen LogP contribution in [0.25, 0.3) is 0 Å². The molecule has 1 aliphatic rings. The minimum absolute atomic E-state index is 0.149. The van der Waals surface area contributed by atoms with Gasteiger partial charge in [-0.25, -0.2) is 8.42 Å². The highest BCUT2D eigenvalue weighted by atomic mass is 32.2. The monoisotopic (exact) mass is 418 g/mol. The second kappa shape index (κ2) is 8.84. The van der Waals surface area contributed by atoms with Crippen LogP contribution >= 0.6 is 0 Å². The number of nitrogens with zero attached hydrogens (tertiary/aromatic N) is 2. The predicted molar refractivity (Wildman–Crippen MR) is 111 cm³/mol. The Kier molecular flexibility index (Phi) is 6.44. The van der Waals surface area contributed by atoms with Crippen LogP contribution in [0.4, 0.5) is 5.69 Å². The molecule has 3 rings (SSSR count). The third-order valence-electron chi connectivity index (χ3n) is 4.78. The van der Waals surface area contributed by atoms with Crippen LogP contribution in [-0.4, -0.2) is 51.5 Å². The fraction of sp³-hybridized carbons (Fsp3) is 0.381. The summed E-state index contributed by atoms with van der Waals surface area (Å²) in [6, 6.07) is 12.0. The van der Waals surface area contributed by atoms with E-state index < -0.39 is 10.0 Å². The molecule has 0 fully saturated rings. The molecular weight excluding hydrogens is 392 g/mol. The maximum absolute atomic E-state index is 13.1. The van der Waals surface area contributed by atoms with Gasteiger partial charge in [0.2, 0.25) is 15.9 Å². The van der Waals surface area contributed by atoms with Crippen LogP contribution in [-0.2, 0) is 14.8 Å². The quantitative estimate of drug-likeness (QED) is 0.691. The first-order valence-electron chi connectivity index (χ1n) is 9.64. The van der Waals surface area contributed by atoms with E-state index >= 15 is 0 Å². The number of likely N-dealkylation sites (N-methyl/N-ethyl adjacent to an activating group) is 1. The summed E-state index contributed by atoms with van der Waals surface area (Å²) >= 11 is 0. The fourth-order valence-corrected chi connectivity index (χ4v) is 4.76. The number of rotatable bonds is 7. The van der Waals surface area contributed by atoms with Gasteiger partial charge in [-0.05, 0) is 49.7 Å². The lowest BCUT2D eigenvalue weighted by Gasteiger charge is -2.31. The summed E-state index contributed by atoms with van der Waals surface area (Å²) in [4.78, 5) is 14.7. The lowest BCUT2D eigenvalue weighted by molar-refractivity contribution is -0.119. The Morgan fingerprint density at radius 2 is 1.97 bits per heavy atom. The van der Waals surface area contributed by atoms with Gasteiger partial charge in [-0.3, -0.25) is 4.79 Å². The number of ether oxygens (including phenoxy) is 2. The number of amides is 1. The van der Waals surface area contributed by atoms with Crippen molar-refractivity contribution in [2.75, 3.05) is 37.7 Å². The van der Waals surface area contributed by atoms with Crippen molar-refractivity contribution >= 4 is 21.6 Å². The van der Waals surface area contributed by atoms with Gasteiger partial charge in [0.05, 0.1) is 30.3 Å². The maximum atomic E-state index is 13.1. The molecule has 2 aromatic carbocycles. The molecule has 29 heavy (non-hydrogen) atoms. The zero-order chi connectivity index (χ0) is 21.0. The summed E-state index contributed by atoms with van der Waals surface area (Å²) in [7, 11) is -3.82. The van der Waals surface area contributed by atoms with E-state index in [1.807, 2.05) is 19.1 Å². The Bertz CT molecular complexity index is 990. The number of carbonyl (C=O) groups excluding carboxylic acids is 1. The minimum Gasteiger partial charge on any atom is -0.494 e. The number of para-hydroxylation sites is 2. The number of carbonyl (C=O) groups is 1. The molecule has 1 aliphatic heterocycles. The molecule has 156 valence electrons. The largest absolute Gasteiger partial charge is 0.494 e. The zero-order valence-corrected chi connectivity index (χ0v) is 17.7. The molecule has 8 heteroatoms. The molecule has 1 amide bonds. The Hall–Kier alpha value is -2.58. The molecular formula is C21H26N2O5S. The van der Waals surface area contributed by atoms with Crippen molar-refractivity contribution in [3.63, 3.8) is 0 Å². The molecule has 0 aromatic heterocycles. The smallest absolute Gasteiger partial charge is 0.243 e. The van der Waals surface area contributed by atoms with Crippen molar-refractivity contribution < 1.29 is 22.7 Å². The van der Waals surface area contributed by atoms with E-state index in [0.717, 1.165) is 5.56 Å². The Balaban J connectivity index is 1.82. The van der Waals surface area contributed by atoms with E-state index in [0.29, 0.717) is 36.9 Å². The molecule has 0 saturated carbocycles.